The van der Waals surface area contributed by atoms with Crippen molar-refractivity contribution < 1.29 is 14.2 Å². The van der Waals surface area contributed by atoms with Crippen molar-refractivity contribution in [2.24, 2.45) is 0 Å². The number of tetrazole rings is 1. The van der Waals surface area contributed by atoms with E-state index in [-0.39, 0.29) is 11.6 Å². The van der Waals surface area contributed by atoms with Crippen molar-refractivity contribution in [3.63, 3.8) is 0 Å². The highest BCUT2D eigenvalue weighted by Gasteiger charge is 2.35. The molecule has 4 rings (SSSR count). The minimum Gasteiger partial charge on any atom is -0.495 e. The number of anilines is 1. The molecule has 2 heterocycles. The van der Waals surface area contributed by atoms with Gasteiger partial charge in [-0.2, -0.15) is 0 Å². The van der Waals surface area contributed by atoms with Gasteiger partial charge in [-0.15, -0.1) is 5.10 Å². The highest BCUT2D eigenvalue weighted by Crippen LogP contribution is 2.41. The van der Waals surface area contributed by atoms with E-state index in [9.17, 15) is 0 Å². The molecular formula is C25H34N6O3. The zero-order valence-corrected chi connectivity index (χ0v) is 20.9. The van der Waals surface area contributed by atoms with Gasteiger partial charge in [0.1, 0.15) is 11.8 Å². The van der Waals surface area contributed by atoms with Gasteiger partial charge in [0.05, 0.1) is 32.6 Å². The van der Waals surface area contributed by atoms with E-state index in [0.29, 0.717) is 11.5 Å². The van der Waals surface area contributed by atoms with E-state index < -0.39 is 0 Å². The molecule has 1 aliphatic heterocycles. The van der Waals surface area contributed by atoms with Crippen LogP contribution in [0, 0.1) is 0 Å². The van der Waals surface area contributed by atoms with Crippen molar-refractivity contribution in [3.05, 3.63) is 53.9 Å². The lowest BCUT2D eigenvalue weighted by Crippen LogP contribution is -2.49. The molecule has 3 aromatic rings. The number of ether oxygens (including phenoxy) is 3. The van der Waals surface area contributed by atoms with Crippen LogP contribution in [0.4, 0.5) is 5.69 Å². The number of para-hydroxylation sites is 3. The van der Waals surface area contributed by atoms with Crippen molar-refractivity contribution >= 4 is 5.69 Å². The Balaban J connectivity index is 1.72. The molecule has 0 radical (unpaired) electrons. The molecule has 0 unspecified atom stereocenters. The maximum Gasteiger partial charge on any atom is 0.173 e. The first-order valence-corrected chi connectivity index (χ1v) is 11.5. The monoisotopic (exact) mass is 466 g/mol. The fourth-order valence-corrected chi connectivity index (χ4v) is 4.58. The fraction of sp³-hybridized carbons (Fsp3) is 0.480. The lowest BCUT2D eigenvalue weighted by molar-refractivity contribution is 0.187. The topological polar surface area (TPSA) is 77.8 Å². The third-order valence-corrected chi connectivity index (χ3v) is 6.21. The van der Waals surface area contributed by atoms with Gasteiger partial charge < -0.3 is 19.1 Å². The smallest absolute Gasteiger partial charge is 0.173 e. The van der Waals surface area contributed by atoms with E-state index in [1.165, 1.54) is 0 Å². The molecule has 0 amide bonds. The molecule has 2 aromatic carbocycles. The average molecular weight is 467 g/mol. The third-order valence-electron chi connectivity index (χ3n) is 6.21. The lowest BCUT2D eigenvalue weighted by atomic mass is 10.00. The van der Waals surface area contributed by atoms with Crippen LogP contribution in [0.2, 0.25) is 0 Å². The first-order chi connectivity index (χ1) is 16.4. The Bertz CT molecular complexity index is 1100. The summed E-state index contributed by atoms with van der Waals surface area (Å²) in [4.78, 5) is 4.78. The summed E-state index contributed by atoms with van der Waals surface area (Å²) in [6, 6.07) is 13.9. The molecule has 1 aromatic heterocycles. The summed E-state index contributed by atoms with van der Waals surface area (Å²) >= 11 is 0. The highest BCUT2D eigenvalue weighted by molar-refractivity contribution is 5.58. The molecule has 0 N–H and O–H groups in total. The second-order valence-electron chi connectivity index (χ2n) is 9.30. The van der Waals surface area contributed by atoms with Crippen LogP contribution in [-0.4, -0.2) is 72.6 Å². The molecule has 9 heteroatoms. The van der Waals surface area contributed by atoms with Gasteiger partial charge in [0, 0.05) is 31.7 Å². The van der Waals surface area contributed by atoms with Crippen molar-refractivity contribution in [2.45, 2.75) is 32.4 Å². The molecule has 9 nitrogen and oxygen atoms in total. The zero-order chi connectivity index (χ0) is 24.3. The van der Waals surface area contributed by atoms with E-state index in [4.69, 9.17) is 14.2 Å². The van der Waals surface area contributed by atoms with Crippen LogP contribution in [0.15, 0.2) is 42.5 Å². The lowest BCUT2D eigenvalue weighted by Gasteiger charge is -2.41. The number of aromatic nitrogens is 4. The van der Waals surface area contributed by atoms with Crippen LogP contribution in [0.25, 0.3) is 0 Å². The quantitative estimate of drug-likeness (QED) is 0.525. The summed E-state index contributed by atoms with van der Waals surface area (Å²) in [6.45, 7) is 9.64. The van der Waals surface area contributed by atoms with Crippen molar-refractivity contribution in [1.29, 1.82) is 0 Å². The second-order valence-corrected chi connectivity index (χ2v) is 9.30. The molecule has 1 aliphatic rings. The predicted molar refractivity (Wildman–Crippen MR) is 131 cm³/mol. The number of nitrogens with zero attached hydrogens (tertiary/aromatic N) is 6. The van der Waals surface area contributed by atoms with Crippen LogP contribution in [0.5, 0.6) is 17.2 Å². The second kappa shape index (κ2) is 9.89. The minimum atomic E-state index is -0.275. The van der Waals surface area contributed by atoms with Gasteiger partial charge in [-0.05, 0) is 49.4 Å². The Hall–Kier alpha value is -3.33. The van der Waals surface area contributed by atoms with Crippen molar-refractivity contribution in [2.75, 3.05) is 52.4 Å². The Labute approximate surface area is 201 Å². The third kappa shape index (κ3) is 4.52. The van der Waals surface area contributed by atoms with Gasteiger partial charge >= 0.3 is 0 Å². The van der Waals surface area contributed by atoms with Gasteiger partial charge in [0.25, 0.3) is 0 Å². The first kappa shape index (κ1) is 23.8. The van der Waals surface area contributed by atoms with Gasteiger partial charge in [-0.1, -0.05) is 24.3 Å². The maximum absolute atomic E-state index is 5.83. The number of rotatable bonds is 7. The summed E-state index contributed by atoms with van der Waals surface area (Å²) in [5.41, 5.74) is 1.81. The Morgan fingerprint density at radius 2 is 1.50 bits per heavy atom. The molecular weight excluding hydrogens is 432 g/mol. The molecule has 1 saturated heterocycles. The van der Waals surface area contributed by atoms with Crippen LogP contribution < -0.4 is 19.1 Å². The zero-order valence-electron chi connectivity index (χ0n) is 20.9. The number of hydrogen-bond donors (Lipinski definition) is 0. The average Bonchev–Trinajstić information content (AvgIpc) is 3.34. The molecule has 0 bridgehead atoms. The number of piperazine rings is 1. The van der Waals surface area contributed by atoms with Gasteiger partial charge in [0.2, 0.25) is 0 Å². The number of methoxy groups -OCH3 is 3. The highest BCUT2D eigenvalue weighted by atomic mass is 16.5. The molecule has 182 valence electrons. The van der Waals surface area contributed by atoms with Crippen LogP contribution in [0.1, 0.15) is 38.2 Å². The van der Waals surface area contributed by atoms with Crippen LogP contribution in [-0.2, 0) is 5.54 Å². The van der Waals surface area contributed by atoms with Crippen molar-refractivity contribution in [3.8, 4) is 17.2 Å². The molecule has 34 heavy (non-hydrogen) atoms. The van der Waals surface area contributed by atoms with E-state index in [1.54, 1.807) is 21.3 Å². The summed E-state index contributed by atoms with van der Waals surface area (Å²) in [5, 5.41) is 12.9. The standard InChI is InChI=1S/C25H34N6O3/c1-25(2,3)31-24(26-27-28-31)22(18-10-9-13-21(33-5)23(18)34-6)30-16-14-29(15-17-30)19-11-7-8-12-20(19)32-4/h7-13,22H,14-17H2,1-6H3/t22-/m0/s1. The molecule has 0 aliphatic carbocycles. The van der Waals surface area contributed by atoms with E-state index in [1.807, 2.05) is 35.0 Å². The normalized spacial score (nSPS) is 15.8. The van der Waals surface area contributed by atoms with Crippen LogP contribution >= 0.6 is 0 Å². The molecule has 0 spiro atoms. The van der Waals surface area contributed by atoms with Gasteiger partial charge in [-0.3, -0.25) is 4.90 Å². The first-order valence-electron chi connectivity index (χ1n) is 11.5. The fourth-order valence-electron chi connectivity index (χ4n) is 4.58. The summed E-state index contributed by atoms with van der Waals surface area (Å²) in [7, 11) is 5.04. The van der Waals surface area contributed by atoms with Crippen molar-refractivity contribution in [1.82, 2.24) is 25.1 Å². The summed E-state index contributed by atoms with van der Waals surface area (Å²) in [6.07, 6.45) is 0. The number of benzene rings is 2. The van der Waals surface area contributed by atoms with E-state index in [2.05, 4.69) is 58.2 Å². The van der Waals surface area contributed by atoms with Gasteiger partial charge in [0.15, 0.2) is 17.3 Å². The van der Waals surface area contributed by atoms with Gasteiger partial charge in [-0.25, -0.2) is 4.68 Å². The Morgan fingerprint density at radius 1 is 0.824 bits per heavy atom. The molecule has 1 atom stereocenters. The molecule has 1 fully saturated rings. The summed E-state index contributed by atoms with van der Waals surface area (Å²) < 4.78 is 18.9. The Kier molecular flexibility index (Phi) is 6.92. The number of hydrogen-bond acceptors (Lipinski definition) is 8. The largest absolute Gasteiger partial charge is 0.495 e. The molecule has 0 saturated carbocycles. The maximum atomic E-state index is 5.83. The van der Waals surface area contributed by atoms with Crippen LogP contribution in [0.3, 0.4) is 0 Å². The minimum absolute atomic E-state index is 0.195. The summed E-state index contributed by atoms with van der Waals surface area (Å²) in [5.74, 6) is 3.06. The van der Waals surface area contributed by atoms with E-state index in [0.717, 1.165) is 49.0 Å². The van der Waals surface area contributed by atoms with E-state index >= 15 is 0 Å². The SMILES string of the molecule is COc1ccccc1N1CCN([C@@H](c2cccc(OC)c2OC)c2nnnn2C(C)(C)C)CC1. The predicted octanol–water partition coefficient (Wildman–Crippen LogP) is 3.37. The Morgan fingerprint density at radius 3 is 2.15 bits per heavy atom.